The van der Waals surface area contributed by atoms with Crippen LogP contribution in [-0.4, -0.2) is 16.9 Å². The number of nitrogens with zero attached hydrogens (tertiary/aromatic N) is 2. The quantitative estimate of drug-likeness (QED) is 0.503. The first-order chi connectivity index (χ1) is 8.06. The van der Waals surface area contributed by atoms with Crippen LogP contribution in [0.4, 0.5) is 0 Å². The number of hydrogen-bond donors (Lipinski definition) is 0. The maximum absolute atomic E-state index is 11.3. The predicted molar refractivity (Wildman–Crippen MR) is 55.3 cm³/mol. The molecule has 0 aliphatic carbocycles. The molecule has 0 bridgehead atoms. The van der Waals surface area contributed by atoms with Gasteiger partial charge in [-0.1, -0.05) is 0 Å². The van der Waals surface area contributed by atoms with Crippen molar-refractivity contribution in [1.82, 2.24) is 5.16 Å². The third kappa shape index (κ3) is 1.08. The molecule has 0 radical (unpaired) electrons. The zero-order valence-corrected chi connectivity index (χ0v) is 9.34. The van der Waals surface area contributed by atoms with Gasteiger partial charge in [-0.2, -0.15) is 0 Å². The second-order valence-corrected chi connectivity index (χ2v) is 4.99. The summed E-state index contributed by atoms with van der Waals surface area (Å²) in [6.45, 7) is 3.95. The molecule has 4 rings (SSSR count). The fourth-order valence-corrected chi connectivity index (χ4v) is 2.45. The molecule has 3 heterocycles. The van der Waals surface area contributed by atoms with Gasteiger partial charge in [-0.15, -0.1) is 0 Å². The summed E-state index contributed by atoms with van der Waals surface area (Å²) < 4.78 is 16.0. The molecule has 1 aromatic carbocycles. The molecular formula is C11H10N2O4. The summed E-state index contributed by atoms with van der Waals surface area (Å²) in [5.74, 6) is 0.675. The fourth-order valence-electron chi connectivity index (χ4n) is 2.45. The molecule has 2 aromatic rings. The molecule has 2 atom stereocenters. The largest absolute Gasteiger partial charge is 0.484 e. The highest BCUT2D eigenvalue weighted by Crippen LogP contribution is 2.54. The zero-order chi connectivity index (χ0) is 11.8. The minimum Gasteiger partial charge on any atom is -0.484 e. The van der Waals surface area contributed by atoms with E-state index in [1.165, 1.54) is 0 Å². The molecule has 0 spiro atoms. The van der Waals surface area contributed by atoms with E-state index < -0.39 is 0 Å². The van der Waals surface area contributed by atoms with E-state index in [9.17, 15) is 5.21 Å². The second kappa shape index (κ2) is 2.53. The van der Waals surface area contributed by atoms with Crippen molar-refractivity contribution in [3.63, 3.8) is 0 Å². The van der Waals surface area contributed by atoms with E-state index >= 15 is 0 Å². The highest BCUT2D eigenvalue weighted by atomic mass is 16.8. The number of hydrogen-bond acceptors (Lipinski definition) is 5. The molecular weight excluding hydrogens is 224 g/mol. The Morgan fingerprint density at radius 1 is 1.41 bits per heavy atom. The number of benzene rings is 1. The van der Waals surface area contributed by atoms with Crippen LogP contribution in [-0.2, 0) is 4.74 Å². The van der Waals surface area contributed by atoms with Gasteiger partial charge in [-0.25, -0.2) is 0 Å². The Morgan fingerprint density at radius 3 is 3.06 bits per heavy atom. The molecule has 1 aromatic heterocycles. The number of fused-ring (bicyclic) bond motifs is 4. The van der Waals surface area contributed by atoms with Crippen molar-refractivity contribution in [1.29, 1.82) is 0 Å². The Bertz CT molecular complexity index is 634. The van der Waals surface area contributed by atoms with Crippen molar-refractivity contribution >= 4 is 11.0 Å². The van der Waals surface area contributed by atoms with Gasteiger partial charge < -0.3 is 14.7 Å². The van der Waals surface area contributed by atoms with Crippen LogP contribution in [0.3, 0.4) is 0 Å². The lowest BCUT2D eigenvalue weighted by Crippen LogP contribution is -2.37. The molecule has 0 unspecified atom stereocenters. The van der Waals surface area contributed by atoms with Gasteiger partial charge in [-0.05, 0) is 18.8 Å². The molecule has 0 saturated carbocycles. The molecule has 6 nitrogen and oxygen atoms in total. The van der Waals surface area contributed by atoms with Crippen LogP contribution in [0, 0.1) is 5.21 Å². The van der Waals surface area contributed by atoms with E-state index in [0.29, 0.717) is 21.7 Å². The van der Waals surface area contributed by atoms with Crippen LogP contribution >= 0.6 is 0 Å². The third-order valence-corrected chi connectivity index (χ3v) is 3.37. The Labute approximate surface area is 96.2 Å². The summed E-state index contributed by atoms with van der Waals surface area (Å²) in [6.07, 6.45) is 0.133. The fraction of sp³-hybridized carbons (Fsp3) is 0.455. The van der Waals surface area contributed by atoms with Crippen LogP contribution in [0.5, 0.6) is 5.75 Å². The summed E-state index contributed by atoms with van der Waals surface area (Å²) in [5.41, 5.74) is 1.47. The maximum atomic E-state index is 11.3. The Kier molecular flexibility index (Phi) is 1.38. The van der Waals surface area contributed by atoms with Gasteiger partial charge >= 0.3 is 0 Å². The third-order valence-electron chi connectivity index (χ3n) is 3.37. The normalized spacial score (nSPS) is 28.4. The molecule has 2 aliphatic heterocycles. The molecule has 1 fully saturated rings. The van der Waals surface area contributed by atoms with Gasteiger partial charge in [0.15, 0.2) is 0 Å². The first kappa shape index (κ1) is 9.23. The van der Waals surface area contributed by atoms with E-state index in [4.69, 9.17) is 9.47 Å². The highest BCUT2D eigenvalue weighted by Gasteiger charge is 2.57. The molecule has 2 aliphatic rings. The van der Waals surface area contributed by atoms with Gasteiger partial charge in [0.05, 0.1) is 0 Å². The molecule has 1 saturated heterocycles. The van der Waals surface area contributed by atoms with Gasteiger partial charge in [0.25, 0.3) is 0 Å². The standard InChI is InChI=1S/C11H10N2O4/c1-11(2)10-9(15-10)5-3-6-7(4-8(5)16-11)13(14)17-12-6/h3-4,9-10H,1-2H3/t9-,10-/m1/s1. The van der Waals surface area contributed by atoms with E-state index in [-0.39, 0.29) is 17.8 Å². The lowest BCUT2D eigenvalue weighted by atomic mass is 9.94. The van der Waals surface area contributed by atoms with Crippen molar-refractivity contribution in [2.24, 2.45) is 0 Å². The summed E-state index contributed by atoms with van der Waals surface area (Å²) in [6, 6.07) is 3.45. The van der Waals surface area contributed by atoms with Crippen LogP contribution in [0.2, 0.25) is 0 Å². The highest BCUT2D eigenvalue weighted by molar-refractivity contribution is 5.75. The average Bonchev–Trinajstić information content (AvgIpc) is 3.00. The number of aromatic nitrogens is 2. The first-order valence-electron chi connectivity index (χ1n) is 5.44. The average molecular weight is 234 g/mol. The van der Waals surface area contributed by atoms with Crippen molar-refractivity contribution in [2.75, 3.05) is 0 Å². The number of epoxide rings is 1. The number of ether oxygens (including phenoxy) is 2. The molecule has 0 amide bonds. The monoisotopic (exact) mass is 234 g/mol. The van der Waals surface area contributed by atoms with Crippen molar-refractivity contribution in [3.05, 3.63) is 22.9 Å². The van der Waals surface area contributed by atoms with Gasteiger partial charge in [-0.3, -0.25) is 4.63 Å². The summed E-state index contributed by atoms with van der Waals surface area (Å²) >= 11 is 0. The van der Waals surface area contributed by atoms with Gasteiger partial charge in [0.2, 0.25) is 11.0 Å². The second-order valence-electron chi connectivity index (χ2n) is 4.99. The van der Waals surface area contributed by atoms with E-state index in [2.05, 4.69) is 9.79 Å². The van der Waals surface area contributed by atoms with Crippen molar-refractivity contribution in [3.8, 4) is 5.75 Å². The first-order valence-corrected chi connectivity index (χ1v) is 5.44. The maximum Gasteiger partial charge on any atom is 0.249 e. The number of rotatable bonds is 0. The Hall–Kier alpha value is -1.82. The van der Waals surface area contributed by atoms with E-state index in [1.54, 1.807) is 12.1 Å². The SMILES string of the molecule is CC1(C)Oc2cc3c(cc2[C@H]2O[C@H]21)no[n+]3[O-]. The summed E-state index contributed by atoms with van der Waals surface area (Å²) in [4.78, 5) is 0.381. The smallest absolute Gasteiger partial charge is 0.249 e. The lowest BCUT2D eigenvalue weighted by Gasteiger charge is -2.29. The van der Waals surface area contributed by atoms with Gasteiger partial charge in [0.1, 0.15) is 23.6 Å². The minimum atomic E-state index is -0.365. The topological polar surface area (TPSA) is 74.7 Å². The minimum absolute atomic E-state index is 0.0509. The molecule has 17 heavy (non-hydrogen) atoms. The van der Waals surface area contributed by atoms with Crippen LogP contribution in [0.25, 0.3) is 11.0 Å². The zero-order valence-electron chi connectivity index (χ0n) is 9.34. The molecule has 0 N–H and O–H groups in total. The van der Waals surface area contributed by atoms with Gasteiger partial charge in [0, 0.05) is 22.9 Å². The van der Waals surface area contributed by atoms with Crippen LogP contribution in [0.1, 0.15) is 25.5 Å². The van der Waals surface area contributed by atoms with Crippen molar-refractivity contribution in [2.45, 2.75) is 31.7 Å². The Balaban J connectivity index is 1.97. The van der Waals surface area contributed by atoms with Crippen LogP contribution in [0.15, 0.2) is 16.8 Å². The summed E-state index contributed by atoms with van der Waals surface area (Å²) in [7, 11) is 0. The lowest BCUT2D eigenvalue weighted by molar-refractivity contribution is -0.782. The molecule has 6 heteroatoms. The molecule has 88 valence electrons. The van der Waals surface area contributed by atoms with E-state index in [1.807, 2.05) is 13.8 Å². The van der Waals surface area contributed by atoms with Crippen molar-refractivity contribution < 1.29 is 19.0 Å². The van der Waals surface area contributed by atoms with Crippen LogP contribution < -0.4 is 9.64 Å². The summed E-state index contributed by atoms with van der Waals surface area (Å²) in [5, 5.41) is 15.0. The van der Waals surface area contributed by atoms with E-state index in [0.717, 1.165) is 5.56 Å². The Morgan fingerprint density at radius 2 is 2.24 bits per heavy atom. The predicted octanol–water partition coefficient (Wildman–Crippen LogP) is 1.07.